The first kappa shape index (κ1) is 19.6. The highest BCUT2D eigenvalue weighted by molar-refractivity contribution is 5.78. The molecule has 3 aliphatic heterocycles. The molecule has 0 aliphatic carbocycles. The van der Waals surface area contributed by atoms with Crippen LogP contribution in [0.25, 0.3) is 0 Å². The van der Waals surface area contributed by atoms with Gasteiger partial charge >= 0.3 is 6.18 Å². The molecular formula is C19H19F4N5O. The molecule has 0 saturated carbocycles. The van der Waals surface area contributed by atoms with Crippen molar-refractivity contribution < 1.29 is 22.4 Å². The molecular weight excluding hydrogens is 390 g/mol. The van der Waals surface area contributed by atoms with Gasteiger partial charge in [-0.05, 0) is 24.1 Å². The molecule has 3 aliphatic rings. The molecule has 2 bridgehead atoms. The van der Waals surface area contributed by atoms with Crippen molar-refractivity contribution in [2.75, 3.05) is 24.5 Å². The number of aromatic nitrogens is 2. The fourth-order valence-corrected chi connectivity index (χ4v) is 3.83. The van der Waals surface area contributed by atoms with Gasteiger partial charge in [-0.3, -0.25) is 9.69 Å². The topological polar surface area (TPSA) is 61.4 Å². The minimum Gasteiger partial charge on any atom is -0.353 e. The predicted octanol–water partition coefficient (Wildman–Crippen LogP) is 2.21. The Morgan fingerprint density at radius 1 is 1.14 bits per heavy atom. The van der Waals surface area contributed by atoms with Gasteiger partial charge < -0.3 is 10.2 Å². The van der Waals surface area contributed by atoms with E-state index in [1.54, 1.807) is 12.1 Å². The van der Waals surface area contributed by atoms with Gasteiger partial charge in [-0.25, -0.2) is 14.4 Å². The van der Waals surface area contributed by atoms with Gasteiger partial charge in [-0.15, -0.1) is 0 Å². The molecule has 0 radical (unpaired) electrons. The van der Waals surface area contributed by atoms with Gasteiger partial charge in [-0.2, -0.15) is 13.2 Å². The monoisotopic (exact) mass is 409 g/mol. The van der Waals surface area contributed by atoms with Crippen LogP contribution in [0.4, 0.5) is 23.4 Å². The van der Waals surface area contributed by atoms with E-state index in [1.807, 2.05) is 4.90 Å². The Labute approximate surface area is 164 Å². The van der Waals surface area contributed by atoms with Crippen molar-refractivity contribution in [2.45, 2.75) is 31.2 Å². The lowest BCUT2D eigenvalue weighted by Gasteiger charge is -2.56. The zero-order chi connectivity index (χ0) is 20.6. The summed E-state index contributed by atoms with van der Waals surface area (Å²) in [7, 11) is 0. The molecule has 10 heteroatoms. The van der Waals surface area contributed by atoms with Crippen LogP contribution < -0.4 is 10.2 Å². The molecule has 2 aromatic rings. The number of rotatable bonds is 5. The van der Waals surface area contributed by atoms with Crippen molar-refractivity contribution in [1.29, 1.82) is 0 Å². The molecule has 29 heavy (non-hydrogen) atoms. The zero-order valence-electron chi connectivity index (χ0n) is 15.4. The minimum atomic E-state index is -4.51. The van der Waals surface area contributed by atoms with E-state index >= 15 is 0 Å². The molecule has 1 amide bonds. The van der Waals surface area contributed by atoms with Gasteiger partial charge in [0.25, 0.3) is 0 Å². The third-order valence-electron chi connectivity index (χ3n) is 5.34. The maximum absolute atomic E-state index is 12.9. The van der Waals surface area contributed by atoms with E-state index in [2.05, 4.69) is 20.2 Å². The summed E-state index contributed by atoms with van der Waals surface area (Å²) in [5.74, 6) is -0.217. The Hall–Kier alpha value is -2.75. The number of hydrogen-bond acceptors (Lipinski definition) is 5. The highest BCUT2D eigenvalue weighted by Gasteiger charge is 2.45. The van der Waals surface area contributed by atoms with Crippen molar-refractivity contribution >= 4 is 11.7 Å². The molecule has 1 aromatic heterocycles. The first-order valence-corrected chi connectivity index (χ1v) is 9.20. The van der Waals surface area contributed by atoms with Crippen LogP contribution in [-0.2, 0) is 17.5 Å². The molecule has 6 nitrogen and oxygen atoms in total. The third kappa shape index (κ3) is 4.31. The van der Waals surface area contributed by atoms with Crippen LogP contribution in [0.15, 0.2) is 36.7 Å². The Bertz CT molecular complexity index is 877. The van der Waals surface area contributed by atoms with E-state index in [-0.39, 0.29) is 36.2 Å². The molecule has 1 aromatic carbocycles. The second kappa shape index (κ2) is 7.58. The number of benzene rings is 1. The van der Waals surface area contributed by atoms with Crippen molar-refractivity contribution in [1.82, 2.24) is 20.2 Å². The summed E-state index contributed by atoms with van der Waals surface area (Å²) in [4.78, 5) is 23.4. The second-order valence-corrected chi connectivity index (χ2v) is 7.28. The van der Waals surface area contributed by atoms with Crippen LogP contribution in [0, 0.1) is 5.82 Å². The summed E-state index contributed by atoms with van der Waals surface area (Å²) in [5.41, 5.74) is -0.155. The SMILES string of the molecule is O=C(CN1C2CC1CN(c1cc(C(F)(F)F)ncn1)C2)NCc1ccc(F)cc1. The summed E-state index contributed by atoms with van der Waals surface area (Å²) in [6, 6.07) is 7.06. The Kier molecular flexibility index (Phi) is 5.12. The normalized spacial score (nSPS) is 21.6. The van der Waals surface area contributed by atoms with Crippen molar-refractivity contribution in [2.24, 2.45) is 0 Å². The number of hydrogen-bond donors (Lipinski definition) is 1. The highest BCUT2D eigenvalue weighted by Crippen LogP contribution is 2.35. The number of alkyl halides is 3. The van der Waals surface area contributed by atoms with Gasteiger partial charge in [-0.1, -0.05) is 12.1 Å². The Morgan fingerprint density at radius 3 is 2.48 bits per heavy atom. The number of piperidine rings is 1. The van der Waals surface area contributed by atoms with E-state index in [0.29, 0.717) is 19.6 Å². The van der Waals surface area contributed by atoms with Crippen molar-refractivity contribution in [3.63, 3.8) is 0 Å². The molecule has 154 valence electrons. The highest BCUT2D eigenvalue weighted by atomic mass is 19.4. The maximum Gasteiger partial charge on any atom is 0.433 e. The molecule has 2 unspecified atom stereocenters. The average Bonchev–Trinajstić information content (AvgIpc) is 2.71. The summed E-state index contributed by atoms with van der Waals surface area (Å²) < 4.78 is 51.5. The first-order chi connectivity index (χ1) is 13.8. The predicted molar refractivity (Wildman–Crippen MR) is 96.4 cm³/mol. The Balaban J connectivity index is 1.30. The number of amides is 1. The van der Waals surface area contributed by atoms with E-state index in [0.717, 1.165) is 24.4 Å². The fourth-order valence-electron chi connectivity index (χ4n) is 3.83. The molecule has 3 fully saturated rings. The minimum absolute atomic E-state index is 0.0922. The van der Waals surface area contributed by atoms with Gasteiger partial charge in [0, 0.05) is 37.8 Å². The van der Waals surface area contributed by atoms with Gasteiger partial charge in [0.1, 0.15) is 23.7 Å². The molecule has 5 rings (SSSR count). The van der Waals surface area contributed by atoms with E-state index in [1.165, 1.54) is 12.1 Å². The van der Waals surface area contributed by atoms with Crippen LogP contribution in [-0.4, -0.2) is 52.5 Å². The van der Waals surface area contributed by atoms with Crippen LogP contribution in [0.3, 0.4) is 0 Å². The van der Waals surface area contributed by atoms with E-state index in [4.69, 9.17) is 0 Å². The summed E-state index contributed by atoms with van der Waals surface area (Å²) in [6.07, 6.45) is -2.68. The van der Waals surface area contributed by atoms with Gasteiger partial charge in [0.15, 0.2) is 0 Å². The van der Waals surface area contributed by atoms with E-state index < -0.39 is 11.9 Å². The van der Waals surface area contributed by atoms with Crippen LogP contribution in [0.2, 0.25) is 0 Å². The zero-order valence-corrected chi connectivity index (χ0v) is 15.4. The summed E-state index contributed by atoms with van der Waals surface area (Å²) >= 11 is 0. The number of anilines is 1. The average molecular weight is 409 g/mol. The molecule has 4 heterocycles. The molecule has 3 saturated heterocycles. The van der Waals surface area contributed by atoms with Crippen molar-refractivity contribution in [3.8, 4) is 0 Å². The van der Waals surface area contributed by atoms with Crippen LogP contribution in [0.1, 0.15) is 17.7 Å². The lowest BCUT2D eigenvalue weighted by atomic mass is 9.87. The largest absolute Gasteiger partial charge is 0.433 e. The second-order valence-electron chi connectivity index (χ2n) is 7.28. The lowest BCUT2D eigenvalue weighted by molar-refractivity contribution is -0.141. The van der Waals surface area contributed by atoms with Crippen molar-refractivity contribution in [3.05, 3.63) is 53.7 Å². The van der Waals surface area contributed by atoms with Gasteiger partial charge in [0.2, 0.25) is 5.91 Å². The number of halogens is 4. The standard InChI is InChI=1S/C19H19F4N5O/c20-13-3-1-12(2-4-13)7-24-18(29)10-28-14-5-15(28)9-27(8-14)17-6-16(19(21,22)23)25-11-26-17/h1-4,6,11,14-15H,5,7-10H2,(H,24,29). The first-order valence-electron chi connectivity index (χ1n) is 9.20. The van der Waals surface area contributed by atoms with Gasteiger partial charge in [0.05, 0.1) is 6.54 Å². The third-order valence-corrected chi connectivity index (χ3v) is 5.34. The number of nitrogens with zero attached hydrogens (tertiary/aromatic N) is 4. The van der Waals surface area contributed by atoms with Crippen LogP contribution >= 0.6 is 0 Å². The molecule has 0 spiro atoms. The van der Waals surface area contributed by atoms with Crippen LogP contribution in [0.5, 0.6) is 0 Å². The summed E-state index contributed by atoms with van der Waals surface area (Å²) in [5, 5.41) is 2.81. The lowest BCUT2D eigenvalue weighted by Crippen LogP contribution is -2.70. The number of nitrogens with one attached hydrogen (secondary N) is 1. The number of carbonyl (C=O) groups excluding carboxylic acids is 1. The number of piperazine rings is 1. The quantitative estimate of drug-likeness (QED) is 0.768. The molecule has 2 atom stereocenters. The Morgan fingerprint density at radius 2 is 1.83 bits per heavy atom. The summed E-state index contributed by atoms with van der Waals surface area (Å²) in [6.45, 7) is 1.56. The van der Waals surface area contributed by atoms with E-state index in [9.17, 15) is 22.4 Å². The molecule has 1 N–H and O–H groups in total. The number of fused-ring (bicyclic) bond motifs is 2. The fraction of sp³-hybridized carbons (Fsp3) is 0.421. The smallest absolute Gasteiger partial charge is 0.353 e. The maximum atomic E-state index is 12.9. The number of carbonyl (C=O) groups is 1.